The van der Waals surface area contributed by atoms with Crippen LogP contribution < -0.4 is 5.32 Å². The summed E-state index contributed by atoms with van der Waals surface area (Å²) in [6, 6.07) is 7.53. The van der Waals surface area contributed by atoms with Gasteiger partial charge in [-0.05, 0) is 36.6 Å². The zero-order chi connectivity index (χ0) is 21.9. The molecule has 0 bridgehead atoms. The smallest absolute Gasteiger partial charge is 0.416 e. The number of nitrogens with one attached hydrogen (secondary N) is 1. The van der Waals surface area contributed by atoms with Gasteiger partial charge in [-0.2, -0.15) is 13.2 Å². The highest BCUT2D eigenvalue weighted by Crippen LogP contribution is 2.32. The molecule has 0 aliphatic carbocycles. The lowest BCUT2D eigenvalue weighted by Crippen LogP contribution is -2.35. The predicted octanol–water partition coefficient (Wildman–Crippen LogP) is 3.70. The second-order valence-corrected chi connectivity index (χ2v) is 7.30. The molecule has 1 atom stereocenters. The highest BCUT2D eigenvalue weighted by atomic mass is 32.1. The SMILES string of the molecule is COC(=O)CC(C)NC(=O)c1nc(-c2cccs2)n(-c2cccc(C(F)(F)F)c2)n1. The van der Waals surface area contributed by atoms with E-state index in [1.165, 1.54) is 35.3 Å². The molecule has 0 aliphatic rings. The molecule has 1 unspecified atom stereocenters. The summed E-state index contributed by atoms with van der Waals surface area (Å²) in [5.74, 6) is -1.15. The van der Waals surface area contributed by atoms with Crippen LogP contribution in [0, 0.1) is 0 Å². The van der Waals surface area contributed by atoms with E-state index in [1.807, 2.05) is 0 Å². The van der Waals surface area contributed by atoms with E-state index in [1.54, 1.807) is 24.4 Å². The molecule has 0 fully saturated rings. The summed E-state index contributed by atoms with van der Waals surface area (Å²) in [5, 5.41) is 8.48. The van der Waals surface area contributed by atoms with E-state index in [0.717, 1.165) is 12.1 Å². The summed E-state index contributed by atoms with van der Waals surface area (Å²) in [7, 11) is 1.24. The molecule has 0 aliphatic heterocycles. The maximum atomic E-state index is 13.1. The number of rotatable bonds is 6. The first kappa shape index (κ1) is 21.5. The van der Waals surface area contributed by atoms with Crippen LogP contribution in [0.1, 0.15) is 29.5 Å². The number of esters is 1. The van der Waals surface area contributed by atoms with E-state index in [0.29, 0.717) is 4.88 Å². The normalized spacial score (nSPS) is 12.4. The minimum atomic E-state index is -4.52. The van der Waals surface area contributed by atoms with Crippen LogP contribution in [0.3, 0.4) is 0 Å². The fraction of sp³-hybridized carbons (Fsp3) is 0.263. The number of hydrogen-bond donors (Lipinski definition) is 1. The number of thiophene rings is 1. The summed E-state index contributed by atoms with van der Waals surface area (Å²) in [6.45, 7) is 1.61. The van der Waals surface area contributed by atoms with Crippen LogP contribution in [-0.2, 0) is 15.7 Å². The van der Waals surface area contributed by atoms with Crippen molar-refractivity contribution in [3.63, 3.8) is 0 Å². The highest BCUT2D eigenvalue weighted by Gasteiger charge is 2.31. The fourth-order valence-corrected chi connectivity index (χ4v) is 3.34. The summed E-state index contributed by atoms with van der Waals surface area (Å²) in [6.07, 6.45) is -4.57. The number of carbonyl (C=O) groups excluding carboxylic acids is 2. The first-order chi connectivity index (χ1) is 14.2. The van der Waals surface area contributed by atoms with Gasteiger partial charge in [0, 0.05) is 6.04 Å². The number of nitrogens with zero attached hydrogens (tertiary/aromatic N) is 3. The number of methoxy groups -OCH3 is 1. The lowest BCUT2D eigenvalue weighted by atomic mass is 10.2. The minimum absolute atomic E-state index is 0.0473. The standard InChI is InChI=1S/C19H17F3N4O3S/c1-11(9-15(27)29-2)23-18(28)16-24-17(14-7-4-8-30-14)26(25-16)13-6-3-5-12(10-13)19(20,21)22/h3-8,10-11H,9H2,1-2H3,(H,23,28). The number of carbonyl (C=O) groups is 2. The van der Waals surface area contributed by atoms with Crippen molar-refractivity contribution in [2.75, 3.05) is 7.11 Å². The molecular weight excluding hydrogens is 421 g/mol. The van der Waals surface area contributed by atoms with Gasteiger partial charge >= 0.3 is 12.1 Å². The fourth-order valence-electron chi connectivity index (χ4n) is 2.64. The van der Waals surface area contributed by atoms with Crippen LogP contribution in [0.25, 0.3) is 16.4 Å². The molecule has 1 amide bonds. The molecule has 0 saturated heterocycles. The Kier molecular flexibility index (Phi) is 6.20. The molecule has 2 heterocycles. The van der Waals surface area contributed by atoms with E-state index >= 15 is 0 Å². The summed E-state index contributed by atoms with van der Waals surface area (Å²) < 4.78 is 45.1. The van der Waals surface area contributed by atoms with Crippen molar-refractivity contribution in [1.82, 2.24) is 20.1 Å². The number of amides is 1. The molecule has 11 heteroatoms. The summed E-state index contributed by atoms with van der Waals surface area (Å²) in [5.41, 5.74) is -0.729. The van der Waals surface area contributed by atoms with Gasteiger partial charge in [0.2, 0.25) is 5.82 Å². The topological polar surface area (TPSA) is 86.1 Å². The number of halogens is 3. The Hall–Kier alpha value is -3.21. The summed E-state index contributed by atoms with van der Waals surface area (Å²) >= 11 is 1.31. The number of benzene rings is 1. The van der Waals surface area contributed by atoms with Crippen molar-refractivity contribution in [3.05, 3.63) is 53.2 Å². The van der Waals surface area contributed by atoms with Gasteiger partial charge in [0.25, 0.3) is 5.91 Å². The number of aromatic nitrogens is 3. The van der Waals surface area contributed by atoms with Crippen LogP contribution >= 0.6 is 11.3 Å². The van der Waals surface area contributed by atoms with Crippen LogP contribution in [0.15, 0.2) is 41.8 Å². The molecule has 7 nitrogen and oxygen atoms in total. The monoisotopic (exact) mass is 438 g/mol. The zero-order valence-electron chi connectivity index (χ0n) is 15.9. The maximum absolute atomic E-state index is 13.1. The molecule has 3 rings (SSSR count). The number of ether oxygens (including phenoxy) is 1. The molecule has 2 aromatic heterocycles. The van der Waals surface area contributed by atoms with Crippen molar-refractivity contribution in [2.24, 2.45) is 0 Å². The molecular formula is C19H17F3N4O3S. The third-order valence-corrected chi connectivity index (χ3v) is 4.91. The van der Waals surface area contributed by atoms with Crippen LogP contribution in [-0.4, -0.2) is 39.8 Å². The molecule has 0 spiro atoms. The molecule has 3 aromatic rings. The average molecular weight is 438 g/mol. The Morgan fingerprint density at radius 1 is 1.27 bits per heavy atom. The second kappa shape index (κ2) is 8.66. The van der Waals surface area contributed by atoms with Crippen molar-refractivity contribution >= 4 is 23.2 Å². The lowest BCUT2D eigenvalue weighted by molar-refractivity contribution is -0.141. The van der Waals surface area contributed by atoms with Crippen molar-refractivity contribution in [3.8, 4) is 16.4 Å². The minimum Gasteiger partial charge on any atom is -0.469 e. The Morgan fingerprint density at radius 3 is 2.67 bits per heavy atom. The van der Waals surface area contributed by atoms with Crippen LogP contribution in [0.5, 0.6) is 0 Å². The number of hydrogen-bond acceptors (Lipinski definition) is 6. The van der Waals surface area contributed by atoms with E-state index < -0.39 is 29.7 Å². The van der Waals surface area contributed by atoms with E-state index in [-0.39, 0.29) is 23.8 Å². The van der Waals surface area contributed by atoms with E-state index in [9.17, 15) is 22.8 Å². The Bertz CT molecular complexity index is 1050. The average Bonchev–Trinajstić information content (AvgIpc) is 3.36. The first-order valence-corrected chi connectivity index (χ1v) is 9.63. The van der Waals surface area contributed by atoms with Crippen molar-refractivity contribution < 1.29 is 27.5 Å². The molecule has 1 N–H and O–H groups in total. The third kappa shape index (κ3) is 4.85. The van der Waals surface area contributed by atoms with Gasteiger partial charge in [-0.15, -0.1) is 16.4 Å². The first-order valence-electron chi connectivity index (χ1n) is 8.75. The van der Waals surface area contributed by atoms with Crippen LogP contribution in [0.2, 0.25) is 0 Å². The predicted molar refractivity (Wildman–Crippen MR) is 103 cm³/mol. The largest absolute Gasteiger partial charge is 0.469 e. The van der Waals surface area contributed by atoms with E-state index in [2.05, 4.69) is 20.1 Å². The van der Waals surface area contributed by atoms with Gasteiger partial charge in [0.15, 0.2) is 5.82 Å². The second-order valence-electron chi connectivity index (χ2n) is 6.35. The molecule has 158 valence electrons. The summed E-state index contributed by atoms with van der Waals surface area (Å²) in [4.78, 5) is 28.7. The third-order valence-electron chi connectivity index (χ3n) is 4.05. The van der Waals surface area contributed by atoms with Crippen molar-refractivity contribution in [2.45, 2.75) is 25.6 Å². The molecule has 1 aromatic carbocycles. The molecule has 30 heavy (non-hydrogen) atoms. The van der Waals surface area contributed by atoms with Gasteiger partial charge in [0.05, 0.1) is 29.7 Å². The molecule has 0 radical (unpaired) electrons. The zero-order valence-corrected chi connectivity index (χ0v) is 16.8. The Balaban J connectivity index is 1.97. The van der Waals surface area contributed by atoms with Gasteiger partial charge in [-0.3, -0.25) is 9.59 Å². The maximum Gasteiger partial charge on any atom is 0.416 e. The molecule has 0 saturated carbocycles. The lowest BCUT2D eigenvalue weighted by Gasteiger charge is -2.10. The van der Waals surface area contributed by atoms with E-state index in [4.69, 9.17) is 0 Å². The Morgan fingerprint density at radius 2 is 2.03 bits per heavy atom. The van der Waals surface area contributed by atoms with Crippen LogP contribution in [0.4, 0.5) is 13.2 Å². The van der Waals surface area contributed by atoms with Gasteiger partial charge in [-0.25, -0.2) is 9.67 Å². The van der Waals surface area contributed by atoms with Crippen molar-refractivity contribution in [1.29, 1.82) is 0 Å². The van der Waals surface area contributed by atoms with Gasteiger partial charge < -0.3 is 10.1 Å². The quantitative estimate of drug-likeness (QED) is 0.593. The van der Waals surface area contributed by atoms with Gasteiger partial charge in [-0.1, -0.05) is 12.1 Å². The highest BCUT2D eigenvalue weighted by molar-refractivity contribution is 7.13. The Labute approximate surface area is 173 Å². The van der Waals surface area contributed by atoms with Gasteiger partial charge in [0.1, 0.15) is 0 Å². The number of alkyl halides is 3.